The summed E-state index contributed by atoms with van der Waals surface area (Å²) in [6.45, 7) is 0.579. The minimum atomic E-state index is -1.16. The molecule has 2 rings (SSSR count). The number of carbonyl (C=O) groups is 4. The number of pyridine rings is 1. The van der Waals surface area contributed by atoms with Crippen LogP contribution in [-0.4, -0.2) is 92.3 Å². The van der Waals surface area contributed by atoms with Crippen molar-refractivity contribution in [1.29, 1.82) is 0 Å². The van der Waals surface area contributed by atoms with E-state index in [1.165, 1.54) is 11.1 Å². The summed E-state index contributed by atoms with van der Waals surface area (Å²) in [5.41, 5.74) is 0.574. The second-order valence-corrected chi connectivity index (χ2v) is 7.63. The fourth-order valence-electron chi connectivity index (χ4n) is 4.20. The smallest absolute Gasteiger partial charge is 0.340 e. The van der Waals surface area contributed by atoms with Crippen LogP contribution >= 0.6 is 0 Å². The summed E-state index contributed by atoms with van der Waals surface area (Å²) in [5, 5.41) is 28.1. The number of carboxylic acid groups (broad SMARTS) is 3. The van der Waals surface area contributed by atoms with E-state index in [0.29, 0.717) is 18.5 Å². The lowest BCUT2D eigenvalue weighted by molar-refractivity contribution is -0.146. The van der Waals surface area contributed by atoms with Crippen molar-refractivity contribution < 1.29 is 39.2 Å². The number of rotatable bonds is 12. The van der Waals surface area contributed by atoms with Gasteiger partial charge in [-0.1, -0.05) is 12.8 Å². The molecule has 1 aliphatic carbocycles. The predicted octanol–water partition coefficient (Wildman–Crippen LogP) is 0.927. The molecule has 0 aliphatic heterocycles. The minimum Gasteiger partial charge on any atom is -0.480 e. The number of nitrogens with zero attached hydrogens (tertiary/aromatic N) is 3. The van der Waals surface area contributed by atoms with Gasteiger partial charge in [-0.25, -0.2) is 4.79 Å². The van der Waals surface area contributed by atoms with Crippen molar-refractivity contribution >= 4 is 23.9 Å². The molecule has 32 heavy (non-hydrogen) atoms. The van der Waals surface area contributed by atoms with E-state index in [-0.39, 0.29) is 25.3 Å². The van der Waals surface area contributed by atoms with Crippen LogP contribution in [0, 0.1) is 0 Å². The van der Waals surface area contributed by atoms with Crippen molar-refractivity contribution in [2.24, 2.45) is 0 Å². The van der Waals surface area contributed by atoms with Gasteiger partial charge in [0.1, 0.15) is 0 Å². The highest BCUT2D eigenvalue weighted by atomic mass is 16.5. The lowest BCUT2D eigenvalue weighted by atomic mass is 9.87. The third kappa shape index (κ3) is 7.27. The zero-order valence-corrected chi connectivity index (χ0v) is 18.0. The van der Waals surface area contributed by atoms with E-state index in [1.807, 2.05) is 0 Å². The first-order chi connectivity index (χ1) is 15.2. The number of ether oxygens (including phenoxy) is 1. The highest BCUT2D eigenvalue weighted by Gasteiger charge is 2.37. The number of hydrogen-bond donors (Lipinski definition) is 3. The molecule has 0 spiro atoms. The summed E-state index contributed by atoms with van der Waals surface area (Å²) in [6, 6.07) is 2.25. The lowest BCUT2D eigenvalue weighted by Gasteiger charge is -2.43. The number of hydrogen-bond acceptors (Lipinski definition) is 8. The van der Waals surface area contributed by atoms with Crippen molar-refractivity contribution in [3.63, 3.8) is 0 Å². The largest absolute Gasteiger partial charge is 0.480 e. The Morgan fingerprint density at radius 2 is 1.50 bits per heavy atom. The first-order valence-electron chi connectivity index (χ1n) is 10.5. The summed E-state index contributed by atoms with van der Waals surface area (Å²) in [5.74, 6) is -3.97. The Balaban J connectivity index is 2.37. The van der Waals surface area contributed by atoms with Crippen molar-refractivity contribution in [3.8, 4) is 0 Å². The molecular formula is C21H29N3O8. The van der Waals surface area contributed by atoms with Gasteiger partial charge >= 0.3 is 23.9 Å². The van der Waals surface area contributed by atoms with Gasteiger partial charge in [0.05, 0.1) is 37.5 Å². The van der Waals surface area contributed by atoms with Crippen LogP contribution in [0.25, 0.3) is 0 Å². The Morgan fingerprint density at radius 1 is 0.969 bits per heavy atom. The monoisotopic (exact) mass is 451 g/mol. The topological polar surface area (TPSA) is 158 Å². The molecule has 0 saturated heterocycles. The van der Waals surface area contributed by atoms with Crippen molar-refractivity contribution in [1.82, 2.24) is 14.8 Å². The molecule has 1 fully saturated rings. The van der Waals surface area contributed by atoms with Gasteiger partial charge in [-0.05, 0) is 31.9 Å². The average molecular weight is 451 g/mol. The second kappa shape index (κ2) is 12.1. The maximum Gasteiger partial charge on any atom is 0.340 e. The average Bonchev–Trinajstić information content (AvgIpc) is 2.72. The van der Waals surface area contributed by atoms with Gasteiger partial charge in [-0.2, -0.15) is 0 Å². The summed E-state index contributed by atoms with van der Waals surface area (Å²) in [6.07, 6.45) is 4.16. The van der Waals surface area contributed by atoms with Crippen LogP contribution in [0.2, 0.25) is 0 Å². The highest BCUT2D eigenvalue weighted by Crippen LogP contribution is 2.29. The van der Waals surface area contributed by atoms with Crippen molar-refractivity contribution in [3.05, 3.63) is 29.6 Å². The Kier molecular flexibility index (Phi) is 9.54. The van der Waals surface area contributed by atoms with Crippen LogP contribution in [0.15, 0.2) is 18.3 Å². The van der Waals surface area contributed by atoms with Gasteiger partial charge in [0, 0.05) is 24.8 Å². The number of carbonyl (C=O) groups excluding carboxylic acids is 1. The summed E-state index contributed by atoms with van der Waals surface area (Å²) >= 11 is 0. The normalized spacial score (nSPS) is 18.5. The van der Waals surface area contributed by atoms with Gasteiger partial charge in [0.2, 0.25) is 0 Å². The first kappa shape index (κ1) is 25.2. The summed E-state index contributed by atoms with van der Waals surface area (Å²) < 4.78 is 5.07. The number of aromatic nitrogens is 1. The van der Waals surface area contributed by atoms with E-state index in [0.717, 1.165) is 12.8 Å². The molecule has 0 bridgehead atoms. The Bertz CT molecular complexity index is 815. The zero-order chi connectivity index (χ0) is 23.7. The first-order valence-corrected chi connectivity index (χ1v) is 10.5. The van der Waals surface area contributed by atoms with Gasteiger partial charge < -0.3 is 20.1 Å². The van der Waals surface area contributed by atoms with E-state index < -0.39 is 49.1 Å². The van der Waals surface area contributed by atoms with Gasteiger partial charge in [0.25, 0.3) is 0 Å². The van der Waals surface area contributed by atoms with Crippen LogP contribution in [0.5, 0.6) is 0 Å². The van der Waals surface area contributed by atoms with E-state index >= 15 is 0 Å². The molecule has 1 unspecified atom stereocenters. The van der Waals surface area contributed by atoms with Crippen LogP contribution in [-0.2, 0) is 25.7 Å². The fourth-order valence-corrected chi connectivity index (χ4v) is 4.20. The minimum absolute atomic E-state index is 0.0242. The highest BCUT2D eigenvalue weighted by molar-refractivity contribution is 5.90. The number of aliphatic carboxylic acids is 3. The SMILES string of the molecule is CCOC(=O)c1cccnc1CN(CC(=O)O)C1CCCC[C@@H]1N(CC(=O)O)CC(=O)O. The van der Waals surface area contributed by atoms with Gasteiger partial charge in [-0.15, -0.1) is 0 Å². The molecule has 0 aromatic carbocycles. The molecule has 1 heterocycles. The van der Waals surface area contributed by atoms with Crippen molar-refractivity contribution in [2.75, 3.05) is 26.2 Å². The summed E-state index contributed by atoms with van der Waals surface area (Å²) in [7, 11) is 0. The predicted molar refractivity (Wildman–Crippen MR) is 111 cm³/mol. The molecule has 0 radical (unpaired) electrons. The van der Waals surface area contributed by atoms with E-state index in [4.69, 9.17) is 4.74 Å². The molecule has 11 nitrogen and oxygen atoms in total. The molecule has 11 heteroatoms. The van der Waals surface area contributed by atoms with E-state index in [9.17, 15) is 34.5 Å². The Morgan fingerprint density at radius 3 is 2.03 bits per heavy atom. The van der Waals surface area contributed by atoms with Gasteiger partial charge in [0.15, 0.2) is 0 Å². The molecule has 1 saturated carbocycles. The molecule has 3 N–H and O–H groups in total. The van der Waals surface area contributed by atoms with Crippen LogP contribution in [0.4, 0.5) is 0 Å². The Labute approximate surface area is 185 Å². The molecule has 2 atom stereocenters. The van der Waals surface area contributed by atoms with Crippen LogP contribution < -0.4 is 0 Å². The molecule has 176 valence electrons. The van der Waals surface area contributed by atoms with Crippen LogP contribution in [0.1, 0.15) is 48.7 Å². The second-order valence-electron chi connectivity index (χ2n) is 7.63. The maximum atomic E-state index is 12.3. The third-order valence-corrected chi connectivity index (χ3v) is 5.39. The number of esters is 1. The molecular weight excluding hydrogens is 422 g/mol. The lowest BCUT2D eigenvalue weighted by Crippen LogP contribution is -2.56. The Hall–Kier alpha value is -3.05. The third-order valence-electron chi connectivity index (χ3n) is 5.39. The number of carboxylic acids is 3. The van der Waals surface area contributed by atoms with E-state index in [1.54, 1.807) is 24.0 Å². The maximum absolute atomic E-state index is 12.3. The molecule has 1 aromatic rings. The standard InChI is InChI=1S/C21H29N3O8/c1-2-32-21(31)14-6-5-9-22-15(14)10-23(11-18(25)26)16-7-3-4-8-17(16)24(12-19(27)28)13-20(29)30/h5-6,9,16-17H,2-4,7-8,10-13H2,1H3,(H,25,26)(H,27,28)(H,29,30)/t16?,17-/m0/s1. The van der Waals surface area contributed by atoms with Gasteiger partial charge in [-0.3, -0.25) is 29.2 Å². The molecule has 1 aliphatic rings. The van der Waals surface area contributed by atoms with Crippen LogP contribution in [0.3, 0.4) is 0 Å². The van der Waals surface area contributed by atoms with E-state index in [2.05, 4.69) is 4.98 Å². The zero-order valence-electron chi connectivity index (χ0n) is 18.0. The fraction of sp³-hybridized carbons (Fsp3) is 0.571. The summed E-state index contributed by atoms with van der Waals surface area (Å²) in [4.78, 5) is 53.9. The quantitative estimate of drug-likeness (QED) is 0.388. The van der Waals surface area contributed by atoms with Crippen molar-refractivity contribution in [2.45, 2.75) is 51.2 Å². The molecule has 0 amide bonds. The molecule has 1 aromatic heterocycles.